The SMILES string of the molecule is CC(=O)c1ccc(NC(=O)c2cc(COc3cc(C)cc(C)c3C)cs2)cc1. The second-order valence-electron chi connectivity index (χ2n) is 6.90. The van der Waals surface area contributed by atoms with E-state index >= 15 is 0 Å². The molecule has 3 rings (SSSR count). The van der Waals surface area contributed by atoms with Crippen molar-refractivity contribution in [1.29, 1.82) is 0 Å². The highest BCUT2D eigenvalue weighted by molar-refractivity contribution is 7.12. The van der Waals surface area contributed by atoms with Gasteiger partial charge in [0.15, 0.2) is 5.78 Å². The highest BCUT2D eigenvalue weighted by Gasteiger charge is 2.11. The fourth-order valence-corrected chi connectivity index (χ4v) is 3.66. The molecule has 0 fully saturated rings. The summed E-state index contributed by atoms with van der Waals surface area (Å²) in [4.78, 5) is 24.4. The first-order valence-electron chi connectivity index (χ1n) is 9.04. The van der Waals surface area contributed by atoms with Crippen LogP contribution in [0.1, 0.15) is 49.2 Å². The Morgan fingerprint density at radius 2 is 1.75 bits per heavy atom. The third-order valence-corrected chi connectivity index (χ3v) is 5.56. The number of nitrogens with one attached hydrogen (secondary N) is 1. The minimum atomic E-state index is -0.172. The molecule has 0 atom stereocenters. The second-order valence-corrected chi connectivity index (χ2v) is 7.81. The summed E-state index contributed by atoms with van der Waals surface area (Å²) >= 11 is 1.38. The number of benzene rings is 2. The lowest BCUT2D eigenvalue weighted by atomic mass is 10.1. The van der Waals surface area contributed by atoms with Gasteiger partial charge in [-0.25, -0.2) is 0 Å². The van der Waals surface area contributed by atoms with Gasteiger partial charge in [0.1, 0.15) is 12.4 Å². The highest BCUT2D eigenvalue weighted by atomic mass is 32.1. The monoisotopic (exact) mass is 393 g/mol. The van der Waals surface area contributed by atoms with E-state index in [1.54, 1.807) is 24.3 Å². The summed E-state index contributed by atoms with van der Waals surface area (Å²) in [5, 5.41) is 4.79. The van der Waals surface area contributed by atoms with Crippen molar-refractivity contribution in [2.24, 2.45) is 0 Å². The van der Waals surface area contributed by atoms with Crippen LogP contribution in [0.4, 0.5) is 5.69 Å². The Labute approximate surface area is 169 Å². The number of thiophene rings is 1. The third kappa shape index (κ3) is 4.67. The van der Waals surface area contributed by atoms with Gasteiger partial charge in [0.25, 0.3) is 5.91 Å². The molecule has 0 bridgehead atoms. The van der Waals surface area contributed by atoms with Crippen LogP contribution >= 0.6 is 11.3 Å². The number of amides is 1. The number of hydrogen-bond donors (Lipinski definition) is 1. The molecule has 0 saturated carbocycles. The molecule has 0 aliphatic carbocycles. The predicted molar refractivity (Wildman–Crippen MR) is 114 cm³/mol. The van der Waals surface area contributed by atoms with Crippen molar-refractivity contribution in [1.82, 2.24) is 0 Å². The van der Waals surface area contributed by atoms with Gasteiger partial charge in [-0.2, -0.15) is 0 Å². The van der Waals surface area contributed by atoms with E-state index < -0.39 is 0 Å². The Morgan fingerprint density at radius 1 is 1.04 bits per heavy atom. The van der Waals surface area contributed by atoms with E-state index in [0.717, 1.165) is 16.9 Å². The van der Waals surface area contributed by atoms with Gasteiger partial charge in [-0.3, -0.25) is 9.59 Å². The van der Waals surface area contributed by atoms with E-state index in [-0.39, 0.29) is 11.7 Å². The van der Waals surface area contributed by atoms with Crippen LogP contribution in [0.2, 0.25) is 0 Å². The molecular weight excluding hydrogens is 370 g/mol. The van der Waals surface area contributed by atoms with Crippen LogP contribution in [0.25, 0.3) is 0 Å². The molecule has 28 heavy (non-hydrogen) atoms. The van der Waals surface area contributed by atoms with E-state index in [2.05, 4.69) is 25.2 Å². The van der Waals surface area contributed by atoms with Crippen LogP contribution in [0.5, 0.6) is 5.75 Å². The molecule has 4 nitrogen and oxygen atoms in total. The molecule has 5 heteroatoms. The smallest absolute Gasteiger partial charge is 0.265 e. The van der Waals surface area contributed by atoms with Crippen LogP contribution in [0, 0.1) is 20.8 Å². The lowest BCUT2D eigenvalue weighted by Crippen LogP contribution is -2.10. The van der Waals surface area contributed by atoms with Gasteiger partial charge < -0.3 is 10.1 Å². The van der Waals surface area contributed by atoms with E-state index in [9.17, 15) is 9.59 Å². The Morgan fingerprint density at radius 3 is 2.43 bits per heavy atom. The fraction of sp³-hybridized carbons (Fsp3) is 0.217. The first kappa shape index (κ1) is 19.8. The van der Waals surface area contributed by atoms with Crippen molar-refractivity contribution >= 4 is 28.7 Å². The van der Waals surface area contributed by atoms with Gasteiger partial charge in [0, 0.05) is 16.8 Å². The van der Waals surface area contributed by atoms with E-state index in [4.69, 9.17) is 4.74 Å². The average molecular weight is 394 g/mol. The summed E-state index contributed by atoms with van der Waals surface area (Å²) in [7, 11) is 0. The maximum atomic E-state index is 12.5. The molecule has 0 unspecified atom stereocenters. The number of aryl methyl sites for hydroxylation is 2. The van der Waals surface area contributed by atoms with Crippen molar-refractivity contribution in [3.8, 4) is 5.75 Å². The number of ether oxygens (including phenoxy) is 1. The lowest BCUT2D eigenvalue weighted by molar-refractivity contribution is 0.101. The molecule has 0 spiro atoms. The molecule has 3 aromatic rings. The summed E-state index contributed by atoms with van der Waals surface area (Å²) in [6.45, 7) is 8.11. The first-order chi connectivity index (χ1) is 13.3. The van der Waals surface area contributed by atoms with Gasteiger partial charge in [0.05, 0.1) is 4.88 Å². The topological polar surface area (TPSA) is 55.4 Å². The van der Waals surface area contributed by atoms with Gasteiger partial charge in [-0.15, -0.1) is 11.3 Å². The maximum absolute atomic E-state index is 12.5. The minimum Gasteiger partial charge on any atom is -0.489 e. The van der Waals surface area contributed by atoms with Gasteiger partial charge in [-0.1, -0.05) is 6.07 Å². The zero-order chi connectivity index (χ0) is 20.3. The average Bonchev–Trinajstić information content (AvgIpc) is 3.13. The quantitative estimate of drug-likeness (QED) is 0.546. The molecule has 1 N–H and O–H groups in total. The van der Waals surface area contributed by atoms with Gasteiger partial charge >= 0.3 is 0 Å². The van der Waals surface area contributed by atoms with E-state index in [1.165, 1.54) is 29.4 Å². The number of hydrogen-bond acceptors (Lipinski definition) is 4. The predicted octanol–water partition coefficient (Wildman–Crippen LogP) is 5.71. The molecule has 2 aromatic carbocycles. The summed E-state index contributed by atoms with van der Waals surface area (Å²) < 4.78 is 5.97. The molecule has 0 aliphatic rings. The normalized spacial score (nSPS) is 10.6. The van der Waals surface area contributed by atoms with Crippen LogP contribution in [-0.2, 0) is 6.61 Å². The Bertz CT molecular complexity index is 1020. The number of carbonyl (C=O) groups is 2. The Balaban J connectivity index is 1.63. The number of carbonyl (C=O) groups excluding carboxylic acids is 2. The van der Waals surface area contributed by atoms with Gasteiger partial charge in [-0.05, 0) is 86.2 Å². The molecule has 144 valence electrons. The summed E-state index contributed by atoms with van der Waals surface area (Å²) in [6, 6.07) is 12.9. The molecule has 0 aliphatic heterocycles. The zero-order valence-corrected chi connectivity index (χ0v) is 17.3. The Kier molecular flexibility index (Phi) is 5.95. The van der Waals surface area contributed by atoms with Crippen LogP contribution in [-0.4, -0.2) is 11.7 Å². The minimum absolute atomic E-state index is 0.000171. The summed E-state index contributed by atoms with van der Waals surface area (Å²) in [5.41, 5.74) is 5.74. The molecule has 1 amide bonds. The highest BCUT2D eigenvalue weighted by Crippen LogP contribution is 2.25. The number of rotatable bonds is 6. The van der Waals surface area contributed by atoms with Crippen LogP contribution < -0.4 is 10.1 Å². The molecule has 0 saturated heterocycles. The number of Topliss-reactive ketones (excluding diaryl/α,β-unsaturated/α-hetero) is 1. The van der Waals surface area contributed by atoms with Crippen molar-refractivity contribution in [3.63, 3.8) is 0 Å². The second kappa shape index (κ2) is 8.40. The standard InChI is InChI=1S/C23H23NO3S/c1-14-9-15(2)16(3)21(10-14)27-12-18-11-22(28-13-18)23(26)24-20-7-5-19(6-8-20)17(4)25/h5-11,13H,12H2,1-4H3,(H,24,26). The largest absolute Gasteiger partial charge is 0.489 e. The number of ketones is 1. The van der Waals surface area contributed by atoms with Crippen molar-refractivity contribution < 1.29 is 14.3 Å². The van der Waals surface area contributed by atoms with Gasteiger partial charge in [0.2, 0.25) is 0 Å². The molecule has 0 radical (unpaired) electrons. The molecular formula is C23H23NO3S. The molecule has 1 aromatic heterocycles. The third-order valence-electron chi connectivity index (χ3n) is 4.59. The molecule has 1 heterocycles. The van der Waals surface area contributed by atoms with E-state index in [1.807, 2.05) is 24.4 Å². The van der Waals surface area contributed by atoms with Crippen molar-refractivity contribution in [2.75, 3.05) is 5.32 Å². The van der Waals surface area contributed by atoms with Crippen molar-refractivity contribution in [2.45, 2.75) is 34.3 Å². The maximum Gasteiger partial charge on any atom is 0.265 e. The van der Waals surface area contributed by atoms with Crippen LogP contribution in [0.3, 0.4) is 0 Å². The fourth-order valence-electron chi connectivity index (χ4n) is 2.86. The first-order valence-corrected chi connectivity index (χ1v) is 9.92. The summed E-state index contributed by atoms with van der Waals surface area (Å²) in [6.07, 6.45) is 0. The van der Waals surface area contributed by atoms with Crippen LogP contribution in [0.15, 0.2) is 47.8 Å². The zero-order valence-electron chi connectivity index (χ0n) is 16.5. The Hall–Kier alpha value is -2.92. The number of anilines is 1. The summed E-state index contributed by atoms with van der Waals surface area (Å²) in [5.74, 6) is 0.703. The van der Waals surface area contributed by atoms with Crippen molar-refractivity contribution in [3.05, 3.63) is 80.5 Å². The lowest BCUT2D eigenvalue weighted by Gasteiger charge is -2.11. The van der Waals surface area contributed by atoms with E-state index in [0.29, 0.717) is 22.7 Å².